The molecule has 1 aliphatic heterocycles. The Morgan fingerprint density at radius 3 is 2.00 bits per heavy atom. The third-order valence-corrected chi connectivity index (χ3v) is 11.8. The van der Waals surface area contributed by atoms with Crippen LogP contribution in [0.5, 0.6) is 0 Å². The highest BCUT2D eigenvalue weighted by Crippen LogP contribution is 2.45. The van der Waals surface area contributed by atoms with Gasteiger partial charge < -0.3 is 13.9 Å². The first-order valence-electron chi connectivity index (χ1n) is 9.58. The first-order valence-corrected chi connectivity index (χ1v) is 11.7. The van der Waals surface area contributed by atoms with E-state index in [0.29, 0.717) is 23.2 Å². The molecule has 0 aromatic rings. The molecule has 1 saturated heterocycles. The molecule has 0 saturated carbocycles. The summed E-state index contributed by atoms with van der Waals surface area (Å²) in [7, 11) is -1.94. The van der Waals surface area contributed by atoms with Crippen LogP contribution in [0.25, 0.3) is 0 Å². The van der Waals surface area contributed by atoms with Crippen LogP contribution in [-0.2, 0) is 13.9 Å². The van der Waals surface area contributed by atoms with Crippen LogP contribution in [0.1, 0.15) is 68.7 Å². The van der Waals surface area contributed by atoms with E-state index in [-0.39, 0.29) is 18.1 Å². The average molecular weight is 357 g/mol. The molecule has 142 valence electrons. The number of ether oxygens (including phenoxy) is 2. The molecule has 0 aliphatic carbocycles. The maximum atomic E-state index is 7.05. The molecule has 0 N–H and O–H groups in total. The normalized spacial score (nSPS) is 26.2. The van der Waals surface area contributed by atoms with E-state index in [1.165, 1.54) is 0 Å². The van der Waals surface area contributed by atoms with Gasteiger partial charge >= 0.3 is 0 Å². The Morgan fingerprint density at radius 2 is 1.62 bits per heavy atom. The number of hydrogen-bond donors (Lipinski definition) is 0. The largest absolute Gasteiger partial charge is 0.412 e. The Morgan fingerprint density at radius 1 is 1.12 bits per heavy atom. The molecular formula is C20H40O3Si. The summed E-state index contributed by atoms with van der Waals surface area (Å²) in [5.41, 5.74) is 1.71. The zero-order chi connectivity index (χ0) is 18.7. The van der Waals surface area contributed by atoms with Crippen LogP contribution in [0, 0.1) is 5.92 Å². The van der Waals surface area contributed by atoms with Gasteiger partial charge in [-0.2, -0.15) is 0 Å². The summed E-state index contributed by atoms with van der Waals surface area (Å²) >= 11 is 0. The Labute approximate surface area is 151 Å². The SMILES string of the molecule is C=CC[C@H](O[Si](C(C)C)(C(C)C)C(C)C)[C@H]1COC(C)(C)O[C@@H]1C. The predicted octanol–water partition coefficient (Wildman–Crippen LogP) is 5.91. The van der Waals surface area contributed by atoms with Crippen LogP contribution in [0.4, 0.5) is 0 Å². The average Bonchev–Trinajstić information content (AvgIpc) is 2.41. The molecule has 0 radical (unpaired) electrons. The van der Waals surface area contributed by atoms with Crippen molar-refractivity contribution in [2.75, 3.05) is 6.61 Å². The maximum Gasteiger partial charge on any atom is 0.200 e. The highest BCUT2D eigenvalue weighted by atomic mass is 28.4. The highest BCUT2D eigenvalue weighted by molar-refractivity contribution is 6.77. The van der Waals surface area contributed by atoms with Crippen LogP contribution in [0.15, 0.2) is 12.7 Å². The Balaban J connectivity index is 3.08. The lowest BCUT2D eigenvalue weighted by atomic mass is 9.94. The van der Waals surface area contributed by atoms with Gasteiger partial charge in [-0.1, -0.05) is 47.6 Å². The van der Waals surface area contributed by atoms with Gasteiger partial charge in [-0.05, 0) is 43.8 Å². The van der Waals surface area contributed by atoms with E-state index in [4.69, 9.17) is 13.9 Å². The molecular weight excluding hydrogens is 316 g/mol. The second-order valence-electron chi connectivity index (χ2n) is 8.70. The standard InChI is InChI=1S/C20H40O3Si/c1-11-12-19(18-13-21-20(9,10)22-17(18)8)23-24(14(2)3,15(4)5)16(6)7/h11,14-19H,1,12-13H2,2-10H3/t17-,18+,19+/m1/s1. The van der Waals surface area contributed by atoms with Crippen LogP contribution in [-0.4, -0.2) is 32.9 Å². The van der Waals surface area contributed by atoms with Crippen LogP contribution >= 0.6 is 0 Å². The molecule has 1 rings (SSSR count). The molecule has 24 heavy (non-hydrogen) atoms. The lowest BCUT2D eigenvalue weighted by Gasteiger charge is -2.49. The number of hydrogen-bond acceptors (Lipinski definition) is 3. The summed E-state index contributed by atoms with van der Waals surface area (Å²) in [5, 5.41) is 0. The summed E-state index contributed by atoms with van der Waals surface area (Å²) in [4.78, 5) is 0. The fourth-order valence-electron chi connectivity index (χ4n) is 4.56. The lowest BCUT2D eigenvalue weighted by Crippen LogP contribution is -2.55. The van der Waals surface area contributed by atoms with Gasteiger partial charge in [0.25, 0.3) is 0 Å². The summed E-state index contributed by atoms with van der Waals surface area (Å²) in [5.74, 6) is -0.253. The molecule has 1 fully saturated rings. The minimum Gasteiger partial charge on any atom is -0.412 e. The van der Waals surface area contributed by atoms with Gasteiger partial charge in [0.05, 0.1) is 18.8 Å². The van der Waals surface area contributed by atoms with Gasteiger partial charge in [-0.15, -0.1) is 6.58 Å². The van der Waals surface area contributed by atoms with E-state index in [2.05, 4.69) is 55.0 Å². The van der Waals surface area contributed by atoms with Gasteiger partial charge in [0, 0.05) is 5.92 Å². The molecule has 4 heteroatoms. The Bertz CT molecular complexity index is 382. The van der Waals surface area contributed by atoms with Gasteiger partial charge in [0.1, 0.15) is 0 Å². The van der Waals surface area contributed by atoms with Crippen molar-refractivity contribution in [3.05, 3.63) is 12.7 Å². The quantitative estimate of drug-likeness (QED) is 0.399. The molecule has 0 aromatic heterocycles. The fourth-order valence-corrected chi connectivity index (χ4v) is 10.2. The van der Waals surface area contributed by atoms with Crippen molar-refractivity contribution in [2.45, 2.75) is 103 Å². The van der Waals surface area contributed by atoms with Crippen LogP contribution in [0.3, 0.4) is 0 Å². The fraction of sp³-hybridized carbons (Fsp3) is 0.900. The molecule has 1 heterocycles. The van der Waals surface area contributed by atoms with Crippen molar-refractivity contribution in [3.8, 4) is 0 Å². The van der Waals surface area contributed by atoms with E-state index in [1.54, 1.807) is 0 Å². The van der Waals surface area contributed by atoms with Crippen molar-refractivity contribution >= 4 is 8.32 Å². The zero-order valence-electron chi connectivity index (χ0n) is 17.4. The lowest BCUT2D eigenvalue weighted by molar-refractivity contribution is -0.297. The molecule has 0 bridgehead atoms. The van der Waals surface area contributed by atoms with Crippen molar-refractivity contribution in [2.24, 2.45) is 5.92 Å². The maximum absolute atomic E-state index is 7.05. The molecule has 3 atom stereocenters. The van der Waals surface area contributed by atoms with Gasteiger partial charge in [0.2, 0.25) is 8.32 Å². The van der Waals surface area contributed by atoms with E-state index >= 15 is 0 Å². The second kappa shape index (κ2) is 8.48. The minimum absolute atomic E-state index is 0.118. The summed E-state index contributed by atoms with van der Waals surface area (Å²) < 4.78 is 19.1. The first kappa shape index (κ1) is 21.9. The molecule has 0 aromatic carbocycles. The van der Waals surface area contributed by atoms with Crippen molar-refractivity contribution < 1.29 is 13.9 Å². The topological polar surface area (TPSA) is 27.7 Å². The van der Waals surface area contributed by atoms with E-state index < -0.39 is 14.1 Å². The highest BCUT2D eigenvalue weighted by Gasteiger charge is 2.49. The smallest absolute Gasteiger partial charge is 0.200 e. The summed E-state index contributed by atoms with van der Waals surface area (Å²) in [6.07, 6.45) is 3.07. The molecule has 1 aliphatic rings. The summed E-state index contributed by atoms with van der Waals surface area (Å²) in [6.45, 7) is 24.8. The van der Waals surface area contributed by atoms with Crippen molar-refractivity contribution in [1.29, 1.82) is 0 Å². The predicted molar refractivity (Wildman–Crippen MR) is 105 cm³/mol. The molecule has 3 nitrogen and oxygen atoms in total. The summed E-state index contributed by atoms with van der Waals surface area (Å²) in [6, 6.07) is 0. The van der Waals surface area contributed by atoms with Crippen LogP contribution in [0.2, 0.25) is 16.6 Å². The first-order chi connectivity index (χ1) is 11.0. The van der Waals surface area contributed by atoms with E-state index in [1.807, 2.05) is 19.9 Å². The second-order valence-corrected chi connectivity index (χ2v) is 14.1. The van der Waals surface area contributed by atoms with E-state index in [9.17, 15) is 0 Å². The molecule has 0 amide bonds. The monoisotopic (exact) mass is 356 g/mol. The third kappa shape index (κ3) is 4.72. The Hall–Kier alpha value is -0.163. The molecule has 0 unspecified atom stereocenters. The van der Waals surface area contributed by atoms with Crippen LogP contribution < -0.4 is 0 Å². The van der Waals surface area contributed by atoms with E-state index in [0.717, 1.165) is 6.42 Å². The number of rotatable bonds is 8. The minimum atomic E-state index is -1.94. The Kier molecular flexibility index (Phi) is 7.73. The van der Waals surface area contributed by atoms with Crippen molar-refractivity contribution in [1.82, 2.24) is 0 Å². The van der Waals surface area contributed by atoms with Crippen molar-refractivity contribution in [3.63, 3.8) is 0 Å². The van der Waals surface area contributed by atoms with Gasteiger partial charge in [-0.25, -0.2) is 0 Å². The zero-order valence-corrected chi connectivity index (χ0v) is 18.4. The van der Waals surface area contributed by atoms with Gasteiger partial charge in [0.15, 0.2) is 5.79 Å². The third-order valence-electron chi connectivity index (χ3n) is 5.64. The van der Waals surface area contributed by atoms with Gasteiger partial charge in [-0.3, -0.25) is 0 Å². The molecule has 0 spiro atoms.